The van der Waals surface area contributed by atoms with Crippen LogP contribution in [0.4, 0.5) is 22.0 Å². The minimum atomic E-state index is -5.13. The summed E-state index contributed by atoms with van der Waals surface area (Å²) >= 11 is 0. The minimum absolute atomic E-state index is 0.435. The molecule has 3 N–H and O–H groups in total. The van der Waals surface area contributed by atoms with Gasteiger partial charge in [0.2, 0.25) is 0 Å². The Kier molecular flexibility index (Phi) is 3.85. The number of alkyl halides is 5. The predicted molar refractivity (Wildman–Crippen MR) is 49.0 cm³/mol. The number of hydrogen-bond acceptors (Lipinski definition) is 3. The molecule has 0 fully saturated rings. The number of aromatic nitrogens is 1. The van der Waals surface area contributed by atoms with Gasteiger partial charge in [-0.05, 0) is 11.6 Å². The number of pyridine rings is 1. The molecule has 100 valence electrons. The van der Waals surface area contributed by atoms with Crippen molar-refractivity contribution >= 4 is 5.97 Å². The third-order valence-corrected chi connectivity index (χ3v) is 2.06. The van der Waals surface area contributed by atoms with Crippen LogP contribution in [0.15, 0.2) is 6.07 Å². The van der Waals surface area contributed by atoms with Crippen LogP contribution in [0, 0.1) is 0 Å². The number of nitrogens with two attached hydrogens (primary N) is 1. The molecule has 9 heteroatoms. The summed E-state index contributed by atoms with van der Waals surface area (Å²) in [6.07, 6.45) is -8.41. The molecule has 0 bridgehead atoms. The van der Waals surface area contributed by atoms with Crippen molar-refractivity contribution in [2.24, 2.45) is 5.73 Å². The van der Waals surface area contributed by atoms with E-state index in [9.17, 15) is 26.7 Å². The van der Waals surface area contributed by atoms with Crippen molar-refractivity contribution in [1.82, 2.24) is 4.98 Å². The molecule has 0 spiro atoms. The number of nitrogens with zero attached hydrogens (tertiary/aromatic N) is 1. The van der Waals surface area contributed by atoms with E-state index in [1.165, 1.54) is 0 Å². The zero-order valence-corrected chi connectivity index (χ0v) is 8.63. The monoisotopic (exact) mass is 270 g/mol. The van der Waals surface area contributed by atoms with E-state index >= 15 is 0 Å². The van der Waals surface area contributed by atoms with Gasteiger partial charge in [0.25, 0.3) is 6.43 Å². The third-order valence-electron chi connectivity index (χ3n) is 2.06. The molecule has 0 saturated heterocycles. The van der Waals surface area contributed by atoms with Crippen LogP contribution in [0.25, 0.3) is 0 Å². The number of rotatable bonds is 3. The van der Waals surface area contributed by atoms with Crippen LogP contribution in [0.3, 0.4) is 0 Å². The van der Waals surface area contributed by atoms with Crippen molar-refractivity contribution in [3.63, 3.8) is 0 Å². The fourth-order valence-corrected chi connectivity index (χ4v) is 1.30. The van der Waals surface area contributed by atoms with Gasteiger partial charge in [0.15, 0.2) is 5.69 Å². The van der Waals surface area contributed by atoms with Gasteiger partial charge in [-0.25, -0.2) is 18.6 Å². The van der Waals surface area contributed by atoms with E-state index in [1.54, 1.807) is 0 Å². The van der Waals surface area contributed by atoms with Crippen LogP contribution < -0.4 is 5.73 Å². The molecule has 0 aliphatic carbocycles. The van der Waals surface area contributed by atoms with E-state index in [-0.39, 0.29) is 0 Å². The smallest absolute Gasteiger partial charge is 0.434 e. The molecule has 18 heavy (non-hydrogen) atoms. The van der Waals surface area contributed by atoms with Gasteiger partial charge in [-0.1, -0.05) is 0 Å². The fourth-order valence-electron chi connectivity index (χ4n) is 1.30. The number of carboxylic acids is 1. The zero-order chi connectivity index (χ0) is 14.1. The Balaban J connectivity index is 3.58. The van der Waals surface area contributed by atoms with E-state index < -0.39 is 47.6 Å². The molecule has 0 atom stereocenters. The van der Waals surface area contributed by atoms with Crippen LogP contribution in [-0.4, -0.2) is 16.1 Å². The fraction of sp³-hybridized carbons (Fsp3) is 0.333. The summed E-state index contributed by atoms with van der Waals surface area (Å²) in [6, 6.07) is 0.472. The van der Waals surface area contributed by atoms with Gasteiger partial charge < -0.3 is 10.8 Å². The summed E-state index contributed by atoms with van der Waals surface area (Å²) in [5, 5.41) is 8.61. The molecule has 0 aliphatic heterocycles. The summed E-state index contributed by atoms with van der Waals surface area (Å²) < 4.78 is 62.4. The molecule has 1 rings (SSSR count). The van der Waals surface area contributed by atoms with E-state index in [2.05, 4.69) is 4.98 Å². The first kappa shape index (κ1) is 14.3. The SMILES string of the molecule is NCc1cc(C(=O)O)c(C(F)(F)F)nc1C(F)F. The highest BCUT2D eigenvalue weighted by Gasteiger charge is 2.39. The Labute approximate surface area is 97.2 Å². The van der Waals surface area contributed by atoms with E-state index in [1.807, 2.05) is 0 Å². The summed E-state index contributed by atoms with van der Waals surface area (Å²) in [4.78, 5) is 13.3. The highest BCUT2D eigenvalue weighted by atomic mass is 19.4. The average Bonchev–Trinajstić information content (AvgIpc) is 2.25. The lowest BCUT2D eigenvalue weighted by molar-refractivity contribution is -0.142. The molecule has 0 aromatic carbocycles. The van der Waals surface area contributed by atoms with Gasteiger partial charge in [0, 0.05) is 6.54 Å². The Morgan fingerprint density at radius 2 is 2.00 bits per heavy atom. The number of carbonyl (C=O) groups is 1. The molecule has 0 saturated carbocycles. The molecule has 0 amide bonds. The van der Waals surface area contributed by atoms with Crippen LogP contribution >= 0.6 is 0 Å². The third kappa shape index (κ3) is 2.73. The highest BCUT2D eigenvalue weighted by Crippen LogP contribution is 2.33. The first-order valence-electron chi connectivity index (χ1n) is 4.51. The van der Waals surface area contributed by atoms with E-state index in [4.69, 9.17) is 10.8 Å². The minimum Gasteiger partial charge on any atom is -0.478 e. The summed E-state index contributed by atoms with van der Waals surface area (Å²) in [7, 11) is 0. The second-order valence-electron chi connectivity index (χ2n) is 3.24. The Hall–Kier alpha value is -1.77. The maximum absolute atomic E-state index is 12.5. The lowest BCUT2D eigenvalue weighted by atomic mass is 10.1. The second kappa shape index (κ2) is 4.84. The number of aromatic carboxylic acids is 1. The van der Waals surface area contributed by atoms with E-state index in [0.717, 1.165) is 0 Å². The van der Waals surface area contributed by atoms with Crippen molar-refractivity contribution in [2.75, 3.05) is 0 Å². The van der Waals surface area contributed by atoms with E-state index in [0.29, 0.717) is 6.07 Å². The molecule has 1 aromatic heterocycles. The molecular weight excluding hydrogens is 263 g/mol. The van der Waals surface area contributed by atoms with Crippen molar-refractivity contribution in [2.45, 2.75) is 19.1 Å². The van der Waals surface area contributed by atoms with Gasteiger partial charge >= 0.3 is 12.1 Å². The number of hydrogen-bond donors (Lipinski definition) is 2. The largest absolute Gasteiger partial charge is 0.478 e. The summed E-state index contributed by atoms with van der Waals surface area (Å²) in [6.45, 7) is -0.537. The normalized spacial score (nSPS) is 11.9. The summed E-state index contributed by atoms with van der Waals surface area (Å²) in [5.74, 6) is -1.91. The second-order valence-corrected chi connectivity index (χ2v) is 3.24. The molecule has 0 radical (unpaired) electrons. The molecule has 1 aromatic rings. The molecular formula is C9H7F5N2O2. The standard InChI is InChI=1S/C9H7F5N2O2/c10-7(11)5-3(2-15)1-4(8(17)18)6(16-5)9(12,13)14/h1,7H,2,15H2,(H,17,18). The van der Waals surface area contributed by atoms with Crippen LogP contribution in [0.1, 0.15) is 33.7 Å². The first-order valence-corrected chi connectivity index (χ1v) is 4.51. The van der Waals surface area contributed by atoms with Gasteiger partial charge in [-0.15, -0.1) is 0 Å². The van der Waals surface area contributed by atoms with Crippen molar-refractivity contribution in [3.8, 4) is 0 Å². The Morgan fingerprint density at radius 1 is 1.44 bits per heavy atom. The van der Waals surface area contributed by atoms with Crippen molar-refractivity contribution < 1.29 is 31.9 Å². The van der Waals surface area contributed by atoms with Crippen LogP contribution in [-0.2, 0) is 12.7 Å². The highest BCUT2D eigenvalue weighted by molar-refractivity contribution is 5.89. The predicted octanol–water partition coefficient (Wildman–Crippen LogP) is 2.19. The molecule has 0 aliphatic rings. The Morgan fingerprint density at radius 3 is 2.33 bits per heavy atom. The molecule has 4 nitrogen and oxygen atoms in total. The summed E-state index contributed by atoms with van der Waals surface area (Å²) in [5.41, 5.74) is 0.416. The lowest BCUT2D eigenvalue weighted by Gasteiger charge is -2.14. The van der Waals surface area contributed by atoms with Gasteiger partial charge in [0.05, 0.1) is 5.56 Å². The molecule has 0 unspecified atom stereocenters. The molecule has 1 heterocycles. The first-order chi connectivity index (χ1) is 8.18. The van der Waals surface area contributed by atoms with Crippen LogP contribution in [0.2, 0.25) is 0 Å². The average molecular weight is 270 g/mol. The zero-order valence-electron chi connectivity index (χ0n) is 8.63. The number of halogens is 5. The van der Waals surface area contributed by atoms with Crippen molar-refractivity contribution in [1.29, 1.82) is 0 Å². The van der Waals surface area contributed by atoms with Gasteiger partial charge in [-0.3, -0.25) is 0 Å². The quantitative estimate of drug-likeness (QED) is 0.825. The van der Waals surface area contributed by atoms with Gasteiger partial charge in [-0.2, -0.15) is 13.2 Å². The van der Waals surface area contributed by atoms with Crippen LogP contribution in [0.5, 0.6) is 0 Å². The topological polar surface area (TPSA) is 76.2 Å². The lowest BCUT2D eigenvalue weighted by Crippen LogP contribution is -2.19. The van der Waals surface area contributed by atoms with Gasteiger partial charge in [0.1, 0.15) is 5.69 Å². The number of carboxylic acid groups (broad SMARTS) is 1. The Bertz CT molecular complexity index is 473. The maximum atomic E-state index is 12.5. The van der Waals surface area contributed by atoms with Crippen molar-refractivity contribution in [3.05, 3.63) is 28.6 Å². The maximum Gasteiger partial charge on any atom is 0.434 e.